The van der Waals surface area contributed by atoms with Crippen molar-refractivity contribution in [2.45, 2.75) is 24.4 Å². The number of hydrogen-bond donors (Lipinski definition) is 1. The highest BCUT2D eigenvalue weighted by molar-refractivity contribution is 5.33. The minimum atomic E-state index is 0.237. The fourth-order valence-electron chi connectivity index (χ4n) is 3.75. The predicted molar refractivity (Wildman–Crippen MR) is 99.3 cm³/mol. The molecule has 3 heteroatoms. The summed E-state index contributed by atoms with van der Waals surface area (Å²) >= 11 is 0. The van der Waals surface area contributed by atoms with Crippen LogP contribution in [0.3, 0.4) is 0 Å². The zero-order chi connectivity index (χ0) is 16.9. The number of aliphatic hydroxyl groups excluding tert-OH is 1. The van der Waals surface area contributed by atoms with Gasteiger partial charge in [0.2, 0.25) is 0 Å². The average Bonchev–Trinajstić information content (AvgIpc) is 3.04. The number of aliphatic hydroxyl groups is 1. The summed E-state index contributed by atoms with van der Waals surface area (Å²) in [6.07, 6.45) is 1.04. The first-order valence-electron chi connectivity index (χ1n) is 8.80. The first kappa shape index (κ1) is 17.2. The summed E-state index contributed by atoms with van der Waals surface area (Å²) in [4.78, 5) is 4.75. The van der Waals surface area contributed by atoms with Gasteiger partial charge in [0.25, 0.3) is 0 Å². The maximum absolute atomic E-state index is 9.83. The summed E-state index contributed by atoms with van der Waals surface area (Å²) in [6.45, 7) is 2.21. The van der Waals surface area contributed by atoms with Crippen LogP contribution in [-0.2, 0) is 0 Å². The van der Waals surface area contributed by atoms with Crippen LogP contribution in [0.25, 0.3) is 0 Å². The van der Waals surface area contributed by atoms with Gasteiger partial charge in [0.15, 0.2) is 0 Å². The van der Waals surface area contributed by atoms with Gasteiger partial charge in [-0.2, -0.15) is 0 Å². The third-order valence-electron chi connectivity index (χ3n) is 5.27. The maximum Gasteiger partial charge on any atom is 0.0587 e. The van der Waals surface area contributed by atoms with E-state index in [0.717, 1.165) is 19.5 Å². The summed E-state index contributed by atoms with van der Waals surface area (Å²) in [5.41, 5.74) is 2.68. The molecule has 0 radical (unpaired) electrons. The molecule has 3 nitrogen and oxygen atoms in total. The lowest BCUT2D eigenvalue weighted by atomic mass is 9.90. The van der Waals surface area contributed by atoms with E-state index in [2.05, 4.69) is 84.6 Å². The SMILES string of the molecule is CN(C)[C@@H]1C[C@@H](CO)N(CC(c2ccccc2)c2ccccc2)C1. The van der Waals surface area contributed by atoms with Gasteiger partial charge in [0, 0.05) is 31.1 Å². The predicted octanol–water partition coefficient (Wildman–Crippen LogP) is 2.82. The number of rotatable bonds is 6. The van der Waals surface area contributed by atoms with Gasteiger partial charge in [0.05, 0.1) is 6.61 Å². The molecule has 1 heterocycles. The highest BCUT2D eigenvalue weighted by Gasteiger charge is 2.34. The molecule has 0 aromatic heterocycles. The Labute approximate surface area is 145 Å². The van der Waals surface area contributed by atoms with Gasteiger partial charge >= 0.3 is 0 Å². The molecule has 0 spiro atoms. The molecule has 2 atom stereocenters. The Morgan fingerprint density at radius 2 is 1.54 bits per heavy atom. The molecule has 1 N–H and O–H groups in total. The molecule has 1 aliphatic rings. The standard InChI is InChI=1S/C21H28N2O/c1-22(2)19-13-20(16-24)23(14-19)15-21(17-9-5-3-6-10-17)18-11-7-4-8-12-18/h3-12,19-21,24H,13-16H2,1-2H3/t19-,20+/m1/s1. The lowest BCUT2D eigenvalue weighted by Crippen LogP contribution is -2.37. The molecule has 1 saturated heterocycles. The Hall–Kier alpha value is -1.68. The summed E-state index contributed by atoms with van der Waals surface area (Å²) in [7, 11) is 4.27. The van der Waals surface area contributed by atoms with Crippen molar-refractivity contribution in [1.29, 1.82) is 0 Å². The molecule has 0 aliphatic carbocycles. The fraction of sp³-hybridized carbons (Fsp3) is 0.429. The van der Waals surface area contributed by atoms with Crippen molar-refractivity contribution in [3.8, 4) is 0 Å². The van der Waals surface area contributed by atoms with Gasteiger partial charge < -0.3 is 10.0 Å². The highest BCUT2D eigenvalue weighted by Crippen LogP contribution is 2.29. The van der Waals surface area contributed by atoms with Crippen molar-refractivity contribution in [1.82, 2.24) is 9.80 Å². The van der Waals surface area contributed by atoms with E-state index < -0.39 is 0 Å². The molecule has 0 amide bonds. The number of likely N-dealkylation sites (N-methyl/N-ethyl adjacent to an activating group) is 1. The quantitative estimate of drug-likeness (QED) is 0.885. The van der Waals surface area contributed by atoms with Crippen molar-refractivity contribution in [3.05, 3.63) is 71.8 Å². The Morgan fingerprint density at radius 1 is 1.00 bits per heavy atom. The topological polar surface area (TPSA) is 26.7 Å². The smallest absolute Gasteiger partial charge is 0.0587 e. The fourth-order valence-corrected chi connectivity index (χ4v) is 3.75. The van der Waals surface area contributed by atoms with Crippen molar-refractivity contribution in [2.75, 3.05) is 33.8 Å². The van der Waals surface area contributed by atoms with Crippen LogP contribution in [0, 0.1) is 0 Å². The highest BCUT2D eigenvalue weighted by atomic mass is 16.3. The van der Waals surface area contributed by atoms with E-state index in [9.17, 15) is 5.11 Å². The Bertz CT molecular complexity index is 575. The Kier molecular flexibility index (Phi) is 5.67. The van der Waals surface area contributed by atoms with Crippen molar-refractivity contribution < 1.29 is 5.11 Å². The summed E-state index contributed by atoms with van der Waals surface area (Å²) < 4.78 is 0. The largest absolute Gasteiger partial charge is 0.395 e. The van der Waals surface area contributed by atoms with Crippen LogP contribution in [0.4, 0.5) is 0 Å². The average molecular weight is 324 g/mol. The normalized spacial score (nSPS) is 21.7. The van der Waals surface area contributed by atoms with Crippen LogP contribution in [0.2, 0.25) is 0 Å². The van der Waals surface area contributed by atoms with E-state index in [0.29, 0.717) is 12.0 Å². The van der Waals surface area contributed by atoms with Crippen molar-refractivity contribution in [3.63, 3.8) is 0 Å². The van der Waals surface area contributed by atoms with Crippen LogP contribution in [0.1, 0.15) is 23.5 Å². The third-order valence-corrected chi connectivity index (χ3v) is 5.27. The molecule has 1 fully saturated rings. The molecule has 0 saturated carbocycles. The van der Waals surface area contributed by atoms with E-state index in [4.69, 9.17) is 0 Å². The summed E-state index contributed by atoms with van der Waals surface area (Å²) in [5.74, 6) is 0.336. The van der Waals surface area contributed by atoms with E-state index in [1.807, 2.05) is 0 Å². The molecular weight excluding hydrogens is 296 g/mol. The van der Waals surface area contributed by atoms with E-state index in [1.165, 1.54) is 11.1 Å². The molecule has 0 bridgehead atoms. The third kappa shape index (κ3) is 3.86. The second-order valence-electron chi connectivity index (χ2n) is 7.02. The summed E-state index contributed by atoms with van der Waals surface area (Å²) in [5, 5.41) is 9.83. The molecular formula is C21H28N2O. The van der Waals surface area contributed by atoms with Gasteiger partial charge in [-0.3, -0.25) is 4.90 Å². The zero-order valence-corrected chi connectivity index (χ0v) is 14.7. The Morgan fingerprint density at radius 3 is 2.00 bits per heavy atom. The molecule has 24 heavy (non-hydrogen) atoms. The minimum absolute atomic E-state index is 0.237. The molecule has 2 aromatic carbocycles. The van der Waals surface area contributed by atoms with Gasteiger partial charge in [-0.1, -0.05) is 60.7 Å². The maximum atomic E-state index is 9.83. The second kappa shape index (κ2) is 7.93. The van der Waals surface area contributed by atoms with Crippen LogP contribution in [0.5, 0.6) is 0 Å². The van der Waals surface area contributed by atoms with Gasteiger partial charge in [-0.15, -0.1) is 0 Å². The molecule has 1 aliphatic heterocycles. The number of benzene rings is 2. The van der Waals surface area contributed by atoms with E-state index in [1.54, 1.807) is 0 Å². The van der Waals surface area contributed by atoms with E-state index >= 15 is 0 Å². The van der Waals surface area contributed by atoms with Gasteiger partial charge in [-0.25, -0.2) is 0 Å². The van der Waals surface area contributed by atoms with Crippen LogP contribution >= 0.6 is 0 Å². The van der Waals surface area contributed by atoms with Crippen LogP contribution in [0.15, 0.2) is 60.7 Å². The second-order valence-corrected chi connectivity index (χ2v) is 7.02. The lowest BCUT2D eigenvalue weighted by molar-refractivity contribution is 0.155. The minimum Gasteiger partial charge on any atom is -0.395 e. The number of nitrogens with zero attached hydrogens (tertiary/aromatic N) is 2. The Balaban J connectivity index is 1.84. The van der Waals surface area contributed by atoms with Gasteiger partial charge in [0.1, 0.15) is 0 Å². The first-order chi connectivity index (χ1) is 11.7. The van der Waals surface area contributed by atoms with Crippen molar-refractivity contribution >= 4 is 0 Å². The molecule has 0 unspecified atom stereocenters. The molecule has 3 rings (SSSR count). The lowest BCUT2D eigenvalue weighted by Gasteiger charge is -2.29. The van der Waals surface area contributed by atoms with E-state index in [-0.39, 0.29) is 12.6 Å². The number of likely N-dealkylation sites (tertiary alicyclic amines) is 1. The zero-order valence-electron chi connectivity index (χ0n) is 14.7. The first-order valence-corrected chi connectivity index (χ1v) is 8.80. The van der Waals surface area contributed by atoms with Gasteiger partial charge in [-0.05, 0) is 31.6 Å². The molecule has 2 aromatic rings. The summed E-state index contributed by atoms with van der Waals surface area (Å²) in [6, 6.07) is 22.2. The van der Waals surface area contributed by atoms with Crippen LogP contribution in [-0.4, -0.2) is 60.8 Å². The van der Waals surface area contributed by atoms with Crippen LogP contribution < -0.4 is 0 Å². The number of hydrogen-bond acceptors (Lipinski definition) is 3. The van der Waals surface area contributed by atoms with Crippen molar-refractivity contribution in [2.24, 2.45) is 0 Å². The molecule has 128 valence electrons. The monoisotopic (exact) mass is 324 g/mol.